The van der Waals surface area contributed by atoms with E-state index in [0.29, 0.717) is 37.7 Å². The summed E-state index contributed by atoms with van der Waals surface area (Å²) in [4.78, 5) is 17.3. The third-order valence-electron chi connectivity index (χ3n) is 6.57. The number of hydrazine groups is 1. The molecule has 0 radical (unpaired) electrons. The van der Waals surface area contributed by atoms with Gasteiger partial charge in [-0.25, -0.2) is 23.6 Å². The number of alkyl halides is 3. The van der Waals surface area contributed by atoms with Crippen molar-refractivity contribution in [3.63, 3.8) is 0 Å². The number of hydrogen-bond acceptors (Lipinski definition) is 5. The van der Waals surface area contributed by atoms with Crippen LogP contribution < -0.4 is 21.5 Å². The molecule has 2 aliphatic carbocycles. The Morgan fingerprint density at radius 3 is 2.48 bits per heavy atom. The third kappa shape index (κ3) is 7.05. The first kappa shape index (κ1) is 24.3. The van der Waals surface area contributed by atoms with Crippen LogP contribution >= 0.6 is 0 Å². The van der Waals surface area contributed by atoms with Gasteiger partial charge in [-0.05, 0) is 57.8 Å². The van der Waals surface area contributed by atoms with Crippen LogP contribution in [-0.4, -0.2) is 62.3 Å². The number of nitrogens with zero attached hydrogens (tertiary/aromatic N) is 1. The van der Waals surface area contributed by atoms with Crippen LogP contribution in [0, 0.1) is 11.8 Å². The van der Waals surface area contributed by atoms with Gasteiger partial charge in [0.25, 0.3) is 0 Å². The van der Waals surface area contributed by atoms with E-state index in [1.165, 1.54) is 0 Å². The first-order valence-electron chi connectivity index (χ1n) is 11.4. The smallest absolute Gasteiger partial charge is 0.229 e. The molecule has 3 aliphatic rings. The lowest BCUT2D eigenvalue weighted by Crippen LogP contribution is -2.50. The molecule has 0 aromatic heterocycles. The second kappa shape index (κ2) is 11.5. The van der Waals surface area contributed by atoms with Gasteiger partial charge in [0, 0.05) is 31.5 Å². The van der Waals surface area contributed by atoms with Crippen molar-refractivity contribution in [3.05, 3.63) is 0 Å². The van der Waals surface area contributed by atoms with Crippen LogP contribution in [0.5, 0.6) is 0 Å². The average Bonchev–Trinajstić information content (AvgIpc) is 3.19. The summed E-state index contributed by atoms with van der Waals surface area (Å²) in [7, 11) is 1.59. The van der Waals surface area contributed by atoms with Gasteiger partial charge in [0.15, 0.2) is 5.96 Å². The van der Waals surface area contributed by atoms with Crippen LogP contribution in [0.3, 0.4) is 0 Å². The van der Waals surface area contributed by atoms with Gasteiger partial charge in [0.1, 0.15) is 24.7 Å². The fourth-order valence-corrected chi connectivity index (χ4v) is 4.76. The molecule has 0 bridgehead atoms. The quantitative estimate of drug-likeness (QED) is 0.371. The lowest BCUT2D eigenvalue weighted by atomic mass is 9.82. The molecule has 2 saturated carbocycles. The van der Waals surface area contributed by atoms with Gasteiger partial charge in [-0.1, -0.05) is 0 Å². The number of ether oxygens (including phenoxy) is 1. The SMILES string of the molecule is COC[C@H](C)N/C(=N\C1CC(C2CCC(F)CC2)NN1)NC(=O)C1CCC(F)C(F)C1. The second-order valence-corrected chi connectivity index (χ2v) is 9.17. The van der Waals surface area contributed by atoms with Crippen LogP contribution in [0.4, 0.5) is 13.2 Å². The van der Waals surface area contributed by atoms with E-state index >= 15 is 0 Å². The van der Waals surface area contributed by atoms with Crippen molar-refractivity contribution in [1.82, 2.24) is 21.5 Å². The number of carbonyl (C=O) groups excluding carboxylic acids is 1. The van der Waals surface area contributed by atoms with Crippen molar-refractivity contribution < 1.29 is 22.7 Å². The zero-order valence-electron chi connectivity index (χ0n) is 18.4. The summed E-state index contributed by atoms with van der Waals surface area (Å²) < 4.78 is 45.8. The lowest BCUT2D eigenvalue weighted by molar-refractivity contribution is -0.125. The molecule has 178 valence electrons. The van der Waals surface area contributed by atoms with E-state index in [4.69, 9.17) is 4.74 Å². The van der Waals surface area contributed by atoms with E-state index < -0.39 is 24.4 Å². The Hall–Kier alpha value is -1.39. The summed E-state index contributed by atoms with van der Waals surface area (Å²) in [5.74, 6) is -0.241. The first-order valence-corrected chi connectivity index (χ1v) is 11.4. The number of rotatable bonds is 6. The Morgan fingerprint density at radius 2 is 1.81 bits per heavy atom. The summed E-state index contributed by atoms with van der Waals surface area (Å²) in [5.41, 5.74) is 6.42. The molecule has 31 heavy (non-hydrogen) atoms. The van der Waals surface area contributed by atoms with E-state index in [2.05, 4.69) is 26.5 Å². The van der Waals surface area contributed by atoms with Gasteiger partial charge < -0.3 is 10.1 Å². The Balaban J connectivity index is 1.60. The molecular weight excluding hydrogens is 411 g/mol. The molecule has 1 amide bonds. The molecule has 1 aliphatic heterocycles. The molecule has 1 heterocycles. The highest BCUT2D eigenvalue weighted by molar-refractivity contribution is 5.98. The fourth-order valence-electron chi connectivity index (χ4n) is 4.76. The van der Waals surface area contributed by atoms with Gasteiger partial charge in [0.2, 0.25) is 5.91 Å². The van der Waals surface area contributed by atoms with Crippen LogP contribution in [0.15, 0.2) is 4.99 Å². The zero-order chi connectivity index (χ0) is 22.4. The molecule has 3 rings (SSSR count). The third-order valence-corrected chi connectivity index (χ3v) is 6.57. The number of hydrogen-bond donors (Lipinski definition) is 4. The summed E-state index contributed by atoms with van der Waals surface area (Å²) in [6.07, 6.45) is -0.164. The van der Waals surface area contributed by atoms with Gasteiger partial charge in [-0.15, -0.1) is 0 Å². The zero-order valence-corrected chi connectivity index (χ0v) is 18.4. The summed E-state index contributed by atoms with van der Waals surface area (Å²) in [6.45, 7) is 2.31. The number of methoxy groups -OCH3 is 1. The highest BCUT2D eigenvalue weighted by Crippen LogP contribution is 2.31. The molecule has 0 aromatic carbocycles. The summed E-state index contributed by atoms with van der Waals surface area (Å²) >= 11 is 0. The summed E-state index contributed by atoms with van der Waals surface area (Å²) in [6, 6.07) is 0.0891. The topological polar surface area (TPSA) is 86.8 Å². The van der Waals surface area contributed by atoms with Crippen LogP contribution in [0.25, 0.3) is 0 Å². The molecule has 4 N–H and O–H groups in total. The predicted molar refractivity (Wildman–Crippen MR) is 113 cm³/mol. The monoisotopic (exact) mass is 447 g/mol. The standard InChI is InChI=1S/C21H36F3N5O2/c1-12(11-31-2)25-21(27-20(30)14-5-8-16(23)17(24)9-14)26-19-10-18(28-29-19)13-3-6-15(22)7-4-13/h12-19,28-29H,3-11H2,1-2H3,(H2,25,26,27,30)/t12-,13?,14?,15?,16?,17?,18?,19?/m0/s1. The maximum atomic E-state index is 13.7. The number of guanidine groups is 1. The number of carbonyl (C=O) groups is 1. The number of halogens is 3. The maximum Gasteiger partial charge on any atom is 0.229 e. The molecule has 7 nitrogen and oxygen atoms in total. The Bertz CT molecular complexity index is 618. The van der Waals surface area contributed by atoms with Crippen molar-refractivity contribution in [2.24, 2.45) is 16.8 Å². The van der Waals surface area contributed by atoms with Gasteiger partial charge in [-0.3, -0.25) is 15.5 Å². The van der Waals surface area contributed by atoms with Crippen molar-refractivity contribution >= 4 is 11.9 Å². The van der Waals surface area contributed by atoms with E-state index in [1.54, 1.807) is 7.11 Å². The van der Waals surface area contributed by atoms with Gasteiger partial charge >= 0.3 is 0 Å². The average molecular weight is 448 g/mol. The summed E-state index contributed by atoms with van der Waals surface area (Å²) in [5, 5.41) is 5.92. The lowest BCUT2D eigenvalue weighted by Gasteiger charge is -2.28. The highest BCUT2D eigenvalue weighted by Gasteiger charge is 2.36. The first-order chi connectivity index (χ1) is 14.9. The minimum Gasteiger partial charge on any atom is -0.383 e. The molecule has 10 heteroatoms. The van der Waals surface area contributed by atoms with Crippen molar-refractivity contribution in [2.75, 3.05) is 13.7 Å². The number of aliphatic imine (C=N–C) groups is 1. The largest absolute Gasteiger partial charge is 0.383 e. The Kier molecular flexibility index (Phi) is 8.97. The van der Waals surface area contributed by atoms with E-state index in [-0.39, 0.29) is 37.0 Å². The van der Waals surface area contributed by atoms with Crippen molar-refractivity contribution in [1.29, 1.82) is 0 Å². The van der Waals surface area contributed by atoms with E-state index in [9.17, 15) is 18.0 Å². The predicted octanol–water partition coefficient (Wildman–Crippen LogP) is 2.28. The van der Waals surface area contributed by atoms with Crippen LogP contribution in [0.2, 0.25) is 0 Å². The molecule has 0 aromatic rings. The Morgan fingerprint density at radius 1 is 1.06 bits per heavy atom. The van der Waals surface area contributed by atoms with Crippen molar-refractivity contribution in [3.8, 4) is 0 Å². The van der Waals surface area contributed by atoms with Gasteiger partial charge in [-0.2, -0.15) is 0 Å². The van der Waals surface area contributed by atoms with Gasteiger partial charge in [0.05, 0.1) is 6.61 Å². The molecule has 1 saturated heterocycles. The molecule has 5 unspecified atom stereocenters. The second-order valence-electron chi connectivity index (χ2n) is 9.17. The van der Waals surface area contributed by atoms with E-state index in [0.717, 1.165) is 19.3 Å². The van der Waals surface area contributed by atoms with Crippen LogP contribution in [0.1, 0.15) is 58.3 Å². The normalized spacial score (nSPS) is 38.0. The molecular formula is C21H36F3N5O2. The number of amides is 1. The molecule has 0 spiro atoms. The minimum absolute atomic E-state index is 0.0517. The number of nitrogens with one attached hydrogen (secondary N) is 4. The van der Waals surface area contributed by atoms with Crippen molar-refractivity contribution in [2.45, 2.75) is 95.1 Å². The fraction of sp³-hybridized carbons (Fsp3) is 0.905. The highest BCUT2D eigenvalue weighted by atomic mass is 19.2. The molecule has 3 fully saturated rings. The minimum atomic E-state index is -1.61. The Labute approximate surface area is 182 Å². The molecule has 6 atom stereocenters. The van der Waals surface area contributed by atoms with Crippen LogP contribution in [-0.2, 0) is 9.53 Å². The van der Waals surface area contributed by atoms with E-state index in [1.807, 2.05) is 6.92 Å². The maximum absolute atomic E-state index is 13.7.